The fourth-order valence-electron chi connectivity index (χ4n) is 1.14. The maximum atomic E-state index is 11.2. The van der Waals surface area contributed by atoms with E-state index in [0.29, 0.717) is 18.9 Å². The summed E-state index contributed by atoms with van der Waals surface area (Å²) in [6.07, 6.45) is 2.16. The molecule has 0 radical (unpaired) electrons. The molecule has 0 aromatic heterocycles. The first-order valence-corrected chi connectivity index (χ1v) is 5.79. The molecule has 4 heteroatoms. The van der Waals surface area contributed by atoms with Crippen molar-refractivity contribution in [2.45, 2.75) is 45.8 Å². The van der Waals surface area contributed by atoms with E-state index in [1.807, 2.05) is 20.8 Å². The van der Waals surface area contributed by atoms with Gasteiger partial charge in [0.25, 0.3) is 0 Å². The molecule has 0 aliphatic carbocycles. The van der Waals surface area contributed by atoms with Crippen LogP contribution in [-0.2, 0) is 4.79 Å². The molecule has 0 rings (SSSR count). The summed E-state index contributed by atoms with van der Waals surface area (Å²) in [4.78, 5) is 11.2. The first kappa shape index (κ1) is 15.1. The first-order valence-electron chi connectivity index (χ1n) is 5.79. The molecule has 0 aromatic rings. The molecule has 0 fully saturated rings. The Labute approximate surface area is 97.4 Å². The summed E-state index contributed by atoms with van der Waals surface area (Å²) in [6.45, 7) is 6.54. The lowest BCUT2D eigenvalue weighted by Gasteiger charge is -2.13. The minimum absolute atomic E-state index is 0.239. The quantitative estimate of drug-likeness (QED) is 0.566. The van der Waals surface area contributed by atoms with E-state index in [1.165, 1.54) is 12.2 Å². The number of amides is 1. The Hall–Kier alpha value is -0.870. The predicted molar refractivity (Wildman–Crippen MR) is 63.9 cm³/mol. The van der Waals surface area contributed by atoms with E-state index in [9.17, 15) is 15.0 Å². The Balaban J connectivity index is 3.92. The highest BCUT2D eigenvalue weighted by atomic mass is 16.3. The molecule has 1 amide bonds. The average molecular weight is 229 g/mol. The number of rotatable bonds is 7. The highest BCUT2D eigenvalue weighted by Crippen LogP contribution is 2.03. The van der Waals surface area contributed by atoms with Crippen LogP contribution in [-0.4, -0.2) is 34.9 Å². The van der Waals surface area contributed by atoms with E-state index < -0.39 is 12.2 Å². The highest BCUT2D eigenvalue weighted by molar-refractivity contribution is 5.87. The van der Waals surface area contributed by atoms with E-state index in [4.69, 9.17) is 0 Å². The van der Waals surface area contributed by atoms with Gasteiger partial charge in [-0.3, -0.25) is 4.79 Å². The number of aliphatic hydroxyl groups is 2. The van der Waals surface area contributed by atoms with Gasteiger partial charge >= 0.3 is 0 Å². The Morgan fingerprint density at radius 2 is 2.00 bits per heavy atom. The summed E-state index contributed by atoms with van der Waals surface area (Å²) in [5, 5.41) is 21.6. The van der Waals surface area contributed by atoms with Crippen LogP contribution in [0, 0.1) is 5.92 Å². The van der Waals surface area contributed by atoms with Crippen LogP contribution in [0.25, 0.3) is 0 Å². The molecule has 94 valence electrons. The van der Waals surface area contributed by atoms with Crippen molar-refractivity contribution in [3.63, 3.8) is 0 Å². The van der Waals surface area contributed by atoms with Crippen molar-refractivity contribution in [2.75, 3.05) is 6.54 Å². The topological polar surface area (TPSA) is 69.6 Å². The van der Waals surface area contributed by atoms with Crippen LogP contribution in [0.15, 0.2) is 12.2 Å². The number of carbonyl (C=O) groups excluding carboxylic acids is 1. The van der Waals surface area contributed by atoms with Crippen LogP contribution >= 0.6 is 0 Å². The number of hydrogen-bond acceptors (Lipinski definition) is 3. The Morgan fingerprint density at radius 1 is 1.38 bits per heavy atom. The lowest BCUT2D eigenvalue weighted by Crippen LogP contribution is -2.27. The molecule has 0 saturated carbocycles. The normalized spacial score (nSPS) is 15.4. The lowest BCUT2D eigenvalue weighted by atomic mass is 10.1. The molecule has 0 aliphatic heterocycles. The molecule has 0 bridgehead atoms. The van der Waals surface area contributed by atoms with Crippen molar-refractivity contribution in [3.05, 3.63) is 12.2 Å². The maximum absolute atomic E-state index is 11.2. The standard InChI is InChI=1S/C12H23NO3/c1-4-5-10(14)11(15)6-7-12(16)13-8-9(2)3/h6-7,9-11,14-15H,4-5,8H2,1-3H3,(H,13,16)/b7-6+/t10-,11-/m1/s1. The van der Waals surface area contributed by atoms with E-state index in [1.54, 1.807) is 0 Å². The van der Waals surface area contributed by atoms with Gasteiger partial charge in [-0.2, -0.15) is 0 Å². The van der Waals surface area contributed by atoms with Gasteiger partial charge in [-0.15, -0.1) is 0 Å². The SMILES string of the molecule is CCC[C@@H](O)[C@H](O)/C=C/C(=O)NCC(C)C. The third-order valence-corrected chi connectivity index (χ3v) is 2.11. The lowest BCUT2D eigenvalue weighted by molar-refractivity contribution is -0.116. The fourth-order valence-corrected chi connectivity index (χ4v) is 1.14. The van der Waals surface area contributed by atoms with Gasteiger partial charge in [-0.25, -0.2) is 0 Å². The second-order valence-electron chi connectivity index (χ2n) is 4.34. The summed E-state index contributed by atoms with van der Waals surface area (Å²) in [7, 11) is 0. The molecule has 16 heavy (non-hydrogen) atoms. The molecule has 4 nitrogen and oxygen atoms in total. The Kier molecular flexibility index (Phi) is 7.85. The molecule has 0 saturated heterocycles. The van der Waals surface area contributed by atoms with Crippen LogP contribution in [0.1, 0.15) is 33.6 Å². The highest BCUT2D eigenvalue weighted by Gasteiger charge is 2.11. The summed E-state index contributed by atoms with van der Waals surface area (Å²) >= 11 is 0. The minimum atomic E-state index is -0.968. The summed E-state index contributed by atoms with van der Waals surface area (Å²) in [5.74, 6) is 0.157. The smallest absolute Gasteiger partial charge is 0.243 e. The van der Waals surface area contributed by atoms with Crippen molar-refractivity contribution in [1.29, 1.82) is 0 Å². The molecule has 3 N–H and O–H groups in total. The van der Waals surface area contributed by atoms with E-state index in [0.717, 1.165) is 6.42 Å². The molecule has 2 atom stereocenters. The van der Waals surface area contributed by atoms with Crippen LogP contribution < -0.4 is 5.32 Å². The van der Waals surface area contributed by atoms with Gasteiger partial charge in [0.2, 0.25) is 5.91 Å². The van der Waals surface area contributed by atoms with Crippen molar-refractivity contribution < 1.29 is 15.0 Å². The number of carbonyl (C=O) groups is 1. The zero-order valence-electron chi connectivity index (χ0n) is 10.3. The summed E-state index contributed by atoms with van der Waals surface area (Å²) in [6, 6.07) is 0. The van der Waals surface area contributed by atoms with Crippen LogP contribution in [0.3, 0.4) is 0 Å². The number of nitrogens with one attached hydrogen (secondary N) is 1. The Bertz CT molecular complexity index is 226. The molecule has 0 aliphatic rings. The van der Waals surface area contributed by atoms with Gasteiger partial charge in [0, 0.05) is 12.6 Å². The largest absolute Gasteiger partial charge is 0.390 e. The second-order valence-corrected chi connectivity index (χ2v) is 4.34. The summed E-state index contributed by atoms with van der Waals surface area (Å²) in [5.41, 5.74) is 0. The van der Waals surface area contributed by atoms with E-state index in [-0.39, 0.29) is 5.91 Å². The van der Waals surface area contributed by atoms with Crippen LogP contribution in [0.4, 0.5) is 0 Å². The molecule has 0 heterocycles. The first-order chi connectivity index (χ1) is 7.47. The van der Waals surface area contributed by atoms with Crippen molar-refractivity contribution in [3.8, 4) is 0 Å². The molecule has 0 unspecified atom stereocenters. The monoisotopic (exact) mass is 229 g/mol. The Morgan fingerprint density at radius 3 is 2.50 bits per heavy atom. The van der Waals surface area contributed by atoms with Crippen LogP contribution in [0.2, 0.25) is 0 Å². The average Bonchev–Trinajstić information content (AvgIpc) is 2.23. The van der Waals surface area contributed by atoms with Gasteiger partial charge < -0.3 is 15.5 Å². The van der Waals surface area contributed by atoms with Crippen LogP contribution in [0.5, 0.6) is 0 Å². The fraction of sp³-hybridized carbons (Fsp3) is 0.750. The zero-order chi connectivity index (χ0) is 12.6. The number of hydrogen-bond donors (Lipinski definition) is 3. The molecule has 0 aromatic carbocycles. The van der Waals surface area contributed by atoms with Crippen molar-refractivity contribution >= 4 is 5.91 Å². The molecular formula is C12H23NO3. The maximum Gasteiger partial charge on any atom is 0.243 e. The van der Waals surface area contributed by atoms with Gasteiger partial charge in [-0.1, -0.05) is 27.2 Å². The minimum Gasteiger partial charge on any atom is -0.390 e. The van der Waals surface area contributed by atoms with Crippen molar-refractivity contribution in [1.82, 2.24) is 5.32 Å². The zero-order valence-corrected chi connectivity index (χ0v) is 10.3. The van der Waals surface area contributed by atoms with E-state index in [2.05, 4.69) is 5.32 Å². The van der Waals surface area contributed by atoms with E-state index >= 15 is 0 Å². The third-order valence-electron chi connectivity index (χ3n) is 2.11. The predicted octanol–water partition coefficient (Wildman–Crippen LogP) is 0.837. The molecular weight excluding hydrogens is 206 g/mol. The van der Waals surface area contributed by atoms with Gasteiger partial charge in [-0.05, 0) is 18.4 Å². The van der Waals surface area contributed by atoms with Gasteiger partial charge in [0.05, 0.1) is 12.2 Å². The number of aliphatic hydroxyl groups excluding tert-OH is 2. The van der Waals surface area contributed by atoms with Crippen molar-refractivity contribution in [2.24, 2.45) is 5.92 Å². The molecule has 0 spiro atoms. The second kappa shape index (κ2) is 8.30. The summed E-state index contributed by atoms with van der Waals surface area (Å²) < 4.78 is 0. The van der Waals surface area contributed by atoms with Gasteiger partial charge in [0.15, 0.2) is 0 Å². The van der Waals surface area contributed by atoms with Gasteiger partial charge in [0.1, 0.15) is 0 Å². The third kappa shape index (κ3) is 7.43.